The molecule has 1 amide bonds. The zero-order valence-electron chi connectivity index (χ0n) is 10.2. The summed E-state index contributed by atoms with van der Waals surface area (Å²) < 4.78 is 0. The number of rotatable bonds is 3. The standard InChI is InChI=1S/C11H23N3O/c1-8-7-14(4)6-5-10(8)13-11(15)9(2)12-3/h8-10,12H,5-7H2,1-4H3,(H,13,15). The van der Waals surface area contributed by atoms with Crippen LogP contribution >= 0.6 is 0 Å². The van der Waals surface area contributed by atoms with E-state index in [9.17, 15) is 4.79 Å². The average Bonchev–Trinajstić information content (AvgIpc) is 2.20. The summed E-state index contributed by atoms with van der Waals surface area (Å²) in [5, 5.41) is 6.07. The largest absolute Gasteiger partial charge is 0.352 e. The van der Waals surface area contributed by atoms with Gasteiger partial charge in [0.25, 0.3) is 0 Å². The zero-order valence-corrected chi connectivity index (χ0v) is 10.2. The first-order valence-corrected chi connectivity index (χ1v) is 5.70. The second-order valence-electron chi connectivity index (χ2n) is 4.65. The van der Waals surface area contributed by atoms with E-state index >= 15 is 0 Å². The minimum absolute atomic E-state index is 0.100. The van der Waals surface area contributed by atoms with E-state index in [1.807, 2.05) is 14.0 Å². The van der Waals surface area contributed by atoms with Gasteiger partial charge in [0, 0.05) is 12.6 Å². The van der Waals surface area contributed by atoms with E-state index in [4.69, 9.17) is 0 Å². The molecule has 1 aliphatic rings. The van der Waals surface area contributed by atoms with Gasteiger partial charge in [0.1, 0.15) is 0 Å². The monoisotopic (exact) mass is 213 g/mol. The number of amides is 1. The molecule has 1 aliphatic heterocycles. The third-order valence-corrected chi connectivity index (χ3v) is 3.26. The van der Waals surface area contributed by atoms with Gasteiger partial charge in [-0.3, -0.25) is 4.79 Å². The second kappa shape index (κ2) is 5.47. The lowest BCUT2D eigenvalue weighted by molar-refractivity contribution is -0.124. The highest BCUT2D eigenvalue weighted by Crippen LogP contribution is 2.15. The van der Waals surface area contributed by atoms with Gasteiger partial charge in [0.15, 0.2) is 0 Å². The minimum Gasteiger partial charge on any atom is -0.352 e. The van der Waals surface area contributed by atoms with Crippen LogP contribution in [0.1, 0.15) is 20.3 Å². The van der Waals surface area contributed by atoms with Crippen LogP contribution in [0.5, 0.6) is 0 Å². The van der Waals surface area contributed by atoms with Crippen molar-refractivity contribution in [3.63, 3.8) is 0 Å². The molecule has 0 aliphatic carbocycles. The van der Waals surface area contributed by atoms with E-state index in [0.717, 1.165) is 19.5 Å². The first kappa shape index (κ1) is 12.5. The van der Waals surface area contributed by atoms with E-state index < -0.39 is 0 Å². The van der Waals surface area contributed by atoms with Crippen LogP contribution in [0.15, 0.2) is 0 Å². The quantitative estimate of drug-likeness (QED) is 0.696. The van der Waals surface area contributed by atoms with Crippen molar-refractivity contribution in [2.45, 2.75) is 32.4 Å². The molecule has 3 unspecified atom stereocenters. The molecule has 15 heavy (non-hydrogen) atoms. The molecule has 0 spiro atoms. The van der Waals surface area contributed by atoms with Crippen molar-refractivity contribution in [2.24, 2.45) is 5.92 Å². The number of nitrogens with one attached hydrogen (secondary N) is 2. The van der Waals surface area contributed by atoms with Crippen molar-refractivity contribution in [1.29, 1.82) is 0 Å². The number of piperidine rings is 1. The molecule has 0 radical (unpaired) electrons. The molecule has 3 atom stereocenters. The number of likely N-dealkylation sites (tertiary alicyclic amines) is 1. The van der Waals surface area contributed by atoms with Gasteiger partial charge in [0.05, 0.1) is 6.04 Å². The normalized spacial score (nSPS) is 29.9. The van der Waals surface area contributed by atoms with Crippen molar-refractivity contribution in [2.75, 3.05) is 27.2 Å². The minimum atomic E-state index is -0.100. The molecule has 0 aromatic heterocycles. The molecule has 0 aromatic carbocycles. The van der Waals surface area contributed by atoms with E-state index in [2.05, 4.69) is 29.5 Å². The Morgan fingerprint density at radius 3 is 2.73 bits per heavy atom. The lowest BCUT2D eigenvalue weighted by Crippen LogP contribution is -2.52. The van der Waals surface area contributed by atoms with E-state index in [1.54, 1.807) is 0 Å². The molecule has 1 heterocycles. The Morgan fingerprint density at radius 2 is 2.20 bits per heavy atom. The van der Waals surface area contributed by atoms with Gasteiger partial charge in [-0.1, -0.05) is 6.92 Å². The molecule has 4 heteroatoms. The van der Waals surface area contributed by atoms with Crippen LogP contribution in [0.25, 0.3) is 0 Å². The summed E-state index contributed by atoms with van der Waals surface area (Å²) in [6.07, 6.45) is 1.06. The number of hydrogen-bond acceptors (Lipinski definition) is 3. The highest BCUT2D eigenvalue weighted by molar-refractivity contribution is 5.81. The Bertz CT molecular complexity index is 220. The number of hydrogen-bond donors (Lipinski definition) is 2. The molecule has 4 nitrogen and oxygen atoms in total. The Hall–Kier alpha value is -0.610. The summed E-state index contributed by atoms with van der Waals surface area (Å²) in [7, 11) is 3.94. The molecule has 1 fully saturated rings. The maximum Gasteiger partial charge on any atom is 0.237 e. The maximum atomic E-state index is 11.7. The number of likely N-dealkylation sites (N-methyl/N-ethyl adjacent to an activating group) is 1. The SMILES string of the molecule is CNC(C)C(=O)NC1CCN(C)CC1C. The maximum absolute atomic E-state index is 11.7. The van der Waals surface area contributed by atoms with Crippen LogP contribution < -0.4 is 10.6 Å². The second-order valence-corrected chi connectivity index (χ2v) is 4.65. The Balaban J connectivity index is 2.41. The van der Waals surface area contributed by atoms with Crippen molar-refractivity contribution in [3.8, 4) is 0 Å². The summed E-state index contributed by atoms with van der Waals surface area (Å²) in [6, 6.07) is 0.237. The van der Waals surface area contributed by atoms with Crippen LogP contribution in [0.3, 0.4) is 0 Å². The molecule has 2 N–H and O–H groups in total. The van der Waals surface area contributed by atoms with Gasteiger partial charge in [-0.05, 0) is 39.9 Å². The molecule has 88 valence electrons. The van der Waals surface area contributed by atoms with Gasteiger partial charge >= 0.3 is 0 Å². The molecular formula is C11H23N3O. The molecule has 1 saturated heterocycles. The molecule has 0 aromatic rings. The van der Waals surface area contributed by atoms with Crippen LogP contribution in [0, 0.1) is 5.92 Å². The number of carbonyl (C=O) groups is 1. The third kappa shape index (κ3) is 3.47. The van der Waals surface area contributed by atoms with Crippen LogP contribution in [0.4, 0.5) is 0 Å². The summed E-state index contributed by atoms with van der Waals surface area (Å²) in [6.45, 7) is 6.22. The average molecular weight is 213 g/mol. The molecule has 1 rings (SSSR count). The van der Waals surface area contributed by atoms with Crippen molar-refractivity contribution in [1.82, 2.24) is 15.5 Å². The van der Waals surface area contributed by atoms with E-state index in [1.165, 1.54) is 0 Å². The van der Waals surface area contributed by atoms with Gasteiger partial charge < -0.3 is 15.5 Å². The van der Waals surface area contributed by atoms with Gasteiger partial charge in [-0.15, -0.1) is 0 Å². The number of carbonyl (C=O) groups excluding carboxylic acids is 1. The summed E-state index contributed by atoms with van der Waals surface area (Å²) >= 11 is 0. The molecular weight excluding hydrogens is 190 g/mol. The fraction of sp³-hybridized carbons (Fsp3) is 0.909. The summed E-state index contributed by atoms with van der Waals surface area (Å²) in [5.41, 5.74) is 0. The van der Waals surface area contributed by atoms with Crippen LogP contribution in [-0.4, -0.2) is 50.1 Å². The topological polar surface area (TPSA) is 44.4 Å². The van der Waals surface area contributed by atoms with Gasteiger partial charge in [0.2, 0.25) is 5.91 Å². The third-order valence-electron chi connectivity index (χ3n) is 3.26. The zero-order chi connectivity index (χ0) is 11.4. The fourth-order valence-electron chi connectivity index (χ4n) is 2.01. The van der Waals surface area contributed by atoms with Crippen LogP contribution in [0.2, 0.25) is 0 Å². The molecule has 0 saturated carbocycles. The summed E-state index contributed by atoms with van der Waals surface area (Å²) in [4.78, 5) is 14.0. The van der Waals surface area contributed by atoms with Crippen LogP contribution in [-0.2, 0) is 4.79 Å². The van der Waals surface area contributed by atoms with Crippen molar-refractivity contribution < 1.29 is 4.79 Å². The van der Waals surface area contributed by atoms with Crippen molar-refractivity contribution in [3.05, 3.63) is 0 Å². The highest BCUT2D eigenvalue weighted by Gasteiger charge is 2.26. The lowest BCUT2D eigenvalue weighted by Gasteiger charge is -2.35. The fourth-order valence-corrected chi connectivity index (χ4v) is 2.01. The first-order chi connectivity index (χ1) is 7.04. The summed E-state index contributed by atoms with van der Waals surface area (Å²) in [5.74, 6) is 0.649. The van der Waals surface area contributed by atoms with E-state index in [-0.39, 0.29) is 11.9 Å². The van der Waals surface area contributed by atoms with Gasteiger partial charge in [-0.2, -0.15) is 0 Å². The smallest absolute Gasteiger partial charge is 0.237 e. The van der Waals surface area contributed by atoms with E-state index in [0.29, 0.717) is 12.0 Å². The highest BCUT2D eigenvalue weighted by atomic mass is 16.2. The predicted octanol–water partition coefficient (Wildman–Crippen LogP) is 0.0507. The molecule has 0 bridgehead atoms. The first-order valence-electron chi connectivity index (χ1n) is 5.70. The Morgan fingerprint density at radius 1 is 1.53 bits per heavy atom. The number of nitrogens with zero attached hydrogens (tertiary/aromatic N) is 1. The predicted molar refractivity (Wildman–Crippen MR) is 61.7 cm³/mol. The van der Waals surface area contributed by atoms with Crippen molar-refractivity contribution >= 4 is 5.91 Å². The van der Waals surface area contributed by atoms with Gasteiger partial charge in [-0.25, -0.2) is 0 Å². The lowest BCUT2D eigenvalue weighted by atomic mass is 9.94. The Labute approximate surface area is 92.4 Å². The Kier molecular flexibility index (Phi) is 4.54.